The number of nitrogens with zero attached hydrogens (tertiary/aromatic N) is 1. The Morgan fingerprint density at radius 1 is 1.27 bits per heavy atom. The van der Waals surface area contributed by atoms with Gasteiger partial charge < -0.3 is 9.47 Å². The molecule has 0 saturated carbocycles. The SMILES string of the molecule is O=C(NN=Cc1cc2c(cc1Cl)OCO2)c1cccc(F)c1. The van der Waals surface area contributed by atoms with Gasteiger partial charge >= 0.3 is 0 Å². The van der Waals surface area contributed by atoms with Crippen LogP contribution in [0.15, 0.2) is 41.5 Å². The number of nitrogens with one attached hydrogen (secondary N) is 1. The van der Waals surface area contributed by atoms with E-state index in [1.54, 1.807) is 12.1 Å². The summed E-state index contributed by atoms with van der Waals surface area (Å²) in [6, 6.07) is 8.58. The van der Waals surface area contributed by atoms with E-state index in [2.05, 4.69) is 10.5 Å². The molecule has 1 heterocycles. The molecule has 2 aromatic carbocycles. The van der Waals surface area contributed by atoms with Gasteiger partial charge in [0.25, 0.3) is 5.91 Å². The summed E-state index contributed by atoms with van der Waals surface area (Å²) >= 11 is 6.07. The summed E-state index contributed by atoms with van der Waals surface area (Å²) < 4.78 is 23.5. The van der Waals surface area contributed by atoms with Crippen LogP contribution in [-0.4, -0.2) is 18.9 Å². The van der Waals surface area contributed by atoms with Crippen molar-refractivity contribution in [2.75, 3.05) is 6.79 Å². The average Bonchev–Trinajstić information content (AvgIpc) is 2.94. The normalized spacial score (nSPS) is 12.6. The number of fused-ring (bicyclic) bond motifs is 1. The predicted molar refractivity (Wildman–Crippen MR) is 79.0 cm³/mol. The van der Waals surface area contributed by atoms with E-state index in [1.165, 1.54) is 24.4 Å². The van der Waals surface area contributed by atoms with E-state index in [0.717, 1.165) is 6.07 Å². The maximum Gasteiger partial charge on any atom is 0.271 e. The van der Waals surface area contributed by atoms with Gasteiger partial charge in [0, 0.05) is 17.2 Å². The van der Waals surface area contributed by atoms with Crippen molar-refractivity contribution in [3.05, 3.63) is 58.4 Å². The summed E-state index contributed by atoms with van der Waals surface area (Å²) in [7, 11) is 0. The number of hydrogen-bond donors (Lipinski definition) is 1. The van der Waals surface area contributed by atoms with Crippen LogP contribution in [0.25, 0.3) is 0 Å². The van der Waals surface area contributed by atoms with Crippen molar-refractivity contribution in [2.45, 2.75) is 0 Å². The molecule has 7 heteroatoms. The first kappa shape index (κ1) is 14.3. The highest BCUT2D eigenvalue weighted by Gasteiger charge is 2.15. The highest BCUT2D eigenvalue weighted by molar-refractivity contribution is 6.33. The van der Waals surface area contributed by atoms with Crippen LogP contribution in [0.2, 0.25) is 5.02 Å². The summed E-state index contributed by atoms with van der Waals surface area (Å²) in [5.74, 6) is 0.108. The maximum atomic E-state index is 13.0. The van der Waals surface area contributed by atoms with Crippen LogP contribution in [0.5, 0.6) is 11.5 Å². The number of hydrazone groups is 1. The molecular weight excluding hydrogens is 311 g/mol. The maximum absolute atomic E-state index is 13.0. The number of carbonyl (C=O) groups is 1. The summed E-state index contributed by atoms with van der Waals surface area (Å²) in [4.78, 5) is 11.8. The smallest absolute Gasteiger partial charge is 0.271 e. The molecule has 0 aromatic heterocycles. The van der Waals surface area contributed by atoms with Crippen molar-refractivity contribution < 1.29 is 18.7 Å². The Labute approximate surface area is 130 Å². The number of carbonyl (C=O) groups excluding carboxylic acids is 1. The van der Waals surface area contributed by atoms with Crippen LogP contribution in [0.1, 0.15) is 15.9 Å². The monoisotopic (exact) mass is 320 g/mol. The Morgan fingerprint density at radius 2 is 2.05 bits per heavy atom. The fourth-order valence-corrected chi connectivity index (χ4v) is 2.09. The lowest BCUT2D eigenvalue weighted by Gasteiger charge is -2.02. The Balaban J connectivity index is 1.71. The number of ether oxygens (including phenoxy) is 2. The molecule has 22 heavy (non-hydrogen) atoms. The second kappa shape index (κ2) is 6.03. The van der Waals surface area contributed by atoms with Gasteiger partial charge in [-0.25, -0.2) is 9.82 Å². The summed E-state index contributed by atoms with van der Waals surface area (Å²) in [6.45, 7) is 0.141. The number of amides is 1. The molecule has 0 atom stereocenters. The van der Waals surface area contributed by atoms with E-state index in [-0.39, 0.29) is 12.4 Å². The lowest BCUT2D eigenvalue weighted by molar-refractivity contribution is 0.0954. The van der Waals surface area contributed by atoms with Gasteiger partial charge in [-0.2, -0.15) is 5.10 Å². The Morgan fingerprint density at radius 3 is 2.82 bits per heavy atom. The van der Waals surface area contributed by atoms with Crippen LogP contribution in [0, 0.1) is 5.82 Å². The minimum absolute atomic E-state index is 0.141. The van der Waals surface area contributed by atoms with Gasteiger partial charge in [0.15, 0.2) is 11.5 Å². The Bertz CT molecular complexity index is 764. The molecule has 1 aliphatic rings. The standard InChI is InChI=1S/C15H10ClFN2O3/c16-12-6-14-13(21-8-22-14)5-10(12)7-18-19-15(20)9-2-1-3-11(17)4-9/h1-7H,8H2,(H,19,20). The molecule has 0 radical (unpaired) electrons. The van der Waals surface area contributed by atoms with Crippen LogP contribution in [0.3, 0.4) is 0 Å². The molecule has 5 nitrogen and oxygen atoms in total. The highest BCUT2D eigenvalue weighted by atomic mass is 35.5. The molecule has 3 rings (SSSR count). The van der Waals surface area contributed by atoms with Gasteiger partial charge in [-0.15, -0.1) is 0 Å². The lowest BCUT2D eigenvalue weighted by atomic mass is 10.2. The third-order valence-electron chi connectivity index (χ3n) is 2.95. The van der Waals surface area contributed by atoms with Gasteiger partial charge in [-0.3, -0.25) is 4.79 Å². The molecule has 112 valence electrons. The van der Waals surface area contributed by atoms with Gasteiger partial charge in [0.2, 0.25) is 6.79 Å². The van der Waals surface area contributed by atoms with Crippen LogP contribution in [0.4, 0.5) is 4.39 Å². The second-order valence-electron chi connectivity index (χ2n) is 4.44. The van der Waals surface area contributed by atoms with E-state index in [1.807, 2.05) is 0 Å². The van der Waals surface area contributed by atoms with Crippen molar-refractivity contribution in [3.63, 3.8) is 0 Å². The zero-order chi connectivity index (χ0) is 15.5. The summed E-state index contributed by atoms with van der Waals surface area (Å²) in [5, 5.41) is 4.22. The first-order chi connectivity index (χ1) is 10.6. The average molecular weight is 321 g/mol. The number of hydrogen-bond acceptors (Lipinski definition) is 4. The highest BCUT2D eigenvalue weighted by Crippen LogP contribution is 2.36. The van der Waals surface area contributed by atoms with Crippen molar-refractivity contribution >= 4 is 23.7 Å². The molecule has 2 aromatic rings. The molecule has 0 aliphatic carbocycles. The molecule has 1 aliphatic heterocycles. The van der Waals surface area contributed by atoms with Gasteiger partial charge in [0.05, 0.1) is 11.2 Å². The van der Waals surface area contributed by atoms with E-state index in [9.17, 15) is 9.18 Å². The quantitative estimate of drug-likeness (QED) is 0.698. The number of rotatable bonds is 3. The van der Waals surface area contributed by atoms with Crippen molar-refractivity contribution in [1.82, 2.24) is 5.43 Å². The van der Waals surface area contributed by atoms with E-state index < -0.39 is 11.7 Å². The largest absolute Gasteiger partial charge is 0.454 e. The zero-order valence-electron chi connectivity index (χ0n) is 11.2. The Hall–Kier alpha value is -2.60. The Kier molecular flexibility index (Phi) is 3.93. The van der Waals surface area contributed by atoms with Crippen molar-refractivity contribution in [3.8, 4) is 11.5 Å². The topological polar surface area (TPSA) is 59.9 Å². The first-order valence-electron chi connectivity index (χ1n) is 6.31. The fraction of sp³-hybridized carbons (Fsp3) is 0.0667. The zero-order valence-corrected chi connectivity index (χ0v) is 11.9. The van der Waals surface area contributed by atoms with Crippen LogP contribution in [-0.2, 0) is 0 Å². The number of benzene rings is 2. The third-order valence-corrected chi connectivity index (χ3v) is 3.28. The molecule has 0 bridgehead atoms. The minimum atomic E-state index is -0.521. The second-order valence-corrected chi connectivity index (χ2v) is 4.84. The summed E-state index contributed by atoms with van der Waals surface area (Å²) in [5.41, 5.74) is 3.04. The van der Waals surface area contributed by atoms with Gasteiger partial charge in [-0.05, 0) is 24.3 Å². The number of halogens is 2. The first-order valence-corrected chi connectivity index (χ1v) is 6.69. The molecule has 0 spiro atoms. The van der Waals surface area contributed by atoms with E-state index in [4.69, 9.17) is 21.1 Å². The van der Waals surface area contributed by atoms with Crippen molar-refractivity contribution in [1.29, 1.82) is 0 Å². The molecule has 0 saturated heterocycles. The minimum Gasteiger partial charge on any atom is -0.454 e. The third kappa shape index (κ3) is 3.01. The lowest BCUT2D eigenvalue weighted by Crippen LogP contribution is -2.17. The fourth-order valence-electron chi connectivity index (χ4n) is 1.89. The van der Waals surface area contributed by atoms with Crippen LogP contribution < -0.4 is 14.9 Å². The predicted octanol–water partition coefficient (Wildman–Crippen LogP) is 2.97. The molecule has 1 amide bonds. The van der Waals surface area contributed by atoms with Gasteiger partial charge in [0.1, 0.15) is 5.82 Å². The van der Waals surface area contributed by atoms with E-state index >= 15 is 0 Å². The van der Waals surface area contributed by atoms with Crippen molar-refractivity contribution in [2.24, 2.45) is 5.10 Å². The molecular formula is C15H10ClFN2O3. The molecule has 0 fully saturated rings. The summed E-state index contributed by atoms with van der Waals surface area (Å²) in [6.07, 6.45) is 1.38. The molecule has 0 unspecified atom stereocenters. The van der Waals surface area contributed by atoms with E-state index in [0.29, 0.717) is 22.1 Å². The molecule has 1 N–H and O–H groups in total. The van der Waals surface area contributed by atoms with Gasteiger partial charge in [-0.1, -0.05) is 17.7 Å². The van der Waals surface area contributed by atoms with Crippen LogP contribution >= 0.6 is 11.6 Å².